The highest BCUT2D eigenvalue weighted by molar-refractivity contribution is 14.0. The van der Waals surface area contributed by atoms with Gasteiger partial charge in [-0.05, 0) is 57.9 Å². The van der Waals surface area contributed by atoms with Crippen molar-refractivity contribution in [2.24, 2.45) is 10.7 Å². The molecule has 1 aromatic rings. The minimum absolute atomic E-state index is 0. The van der Waals surface area contributed by atoms with Crippen molar-refractivity contribution < 1.29 is 0 Å². The first-order valence-corrected chi connectivity index (χ1v) is 8.98. The molecule has 0 atom stereocenters. The van der Waals surface area contributed by atoms with E-state index in [-0.39, 0.29) is 24.0 Å². The molecule has 0 unspecified atom stereocenters. The lowest BCUT2D eigenvalue weighted by atomic mass is 10.0. The maximum Gasteiger partial charge on any atom is 0.188 e. The molecule has 2 heterocycles. The van der Waals surface area contributed by atoms with Gasteiger partial charge in [-0.3, -0.25) is 4.99 Å². The fourth-order valence-corrected chi connectivity index (χ4v) is 3.50. The van der Waals surface area contributed by atoms with E-state index in [0.29, 0.717) is 5.96 Å². The van der Waals surface area contributed by atoms with Crippen molar-refractivity contribution in [3.05, 3.63) is 22.4 Å². The smallest absolute Gasteiger partial charge is 0.188 e. The summed E-state index contributed by atoms with van der Waals surface area (Å²) in [6.45, 7) is 4.98. The van der Waals surface area contributed by atoms with Crippen LogP contribution >= 0.6 is 35.3 Å². The van der Waals surface area contributed by atoms with Crippen LogP contribution in [0.25, 0.3) is 0 Å². The average molecular weight is 451 g/mol. The Bertz CT molecular complexity index is 441. The zero-order valence-corrected chi connectivity index (χ0v) is 17.3. The molecule has 0 spiro atoms. The number of nitrogens with zero attached hydrogens (tertiary/aromatic N) is 3. The second-order valence-electron chi connectivity index (χ2n) is 6.06. The third-order valence-corrected chi connectivity index (χ3v) is 5.18. The molecule has 0 amide bonds. The Morgan fingerprint density at radius 2 is 2.17 bits per heavy atom. The SMILES string of the molecule is CN(C)C1CCN(CCN=C(N)NCCc2cccs2)CC1.I. The van der Waals surface area contributed by atoms with Gasteiger partial charge in [0, 0.05) is 24.0 Å². The van der Waals surface area contributed by atoms with Crippen molar-refractivity contribution in [1.29, 1.82) is 0 Å². The van der Waals surface area contributed by atoms with Crippen LogP contribution in [0.4, 0.5) is 0 Å². The average Bonchev–Trinajstić information content (AvgIpc) is 3.01. The zero-order valence-electron chi connectivity index (χ0n) is 14.2. The van der Waals surface area contributed by atoms with E-state index in [9.17, 15) is 0 Å². The van der Waals surface area contributed by atoms with Crippen LogP contribution < -0.4 is 11.1 Å². The number of nitrogens with two attached hydrogens (primary N) is 1. The van der Waals surface area contributed by atoms with Crippen LogP contribution in [-0.4, -0.2) is 68.6 Å². The van der Waals surface area contributed by atoms with Gasteiger partial charge in [-0.25, -0.2) is 0 Å². The van der Waals surface area contributed by atoms with E-state index in [1.165, 1.54) is 30.8 Å². The van der Waals surface area contributed by atoms with E-state index < -0.39 is 0 Å². The first kappa shape index (κ1) is 20.7. The van der Waals surface area contributed by atoms with E-state index in [1.54, 1.807) is 11.3 Å². The van der Waals surface area contributed by atoms with Crippen molar-refractivity contribution in [3.63, 3.8) is 0 Å². The van der Waals surface area contributed by atoms with E-state index in [2.05, 4.69) is 51.7 Å². The first-order valence-electron chi connectivity index (χ1n) is 8.10. The number of likely N-dealkylation sites (tertiary alicyclic amines) is 1. The maximum atomic E-state index is 5.91. The molecule has 7 heteroatoms. The molecule has 23 heavy (non-hydrogen) atoms. The van der Waals surface area contributed by atoms with Gasteiger partial charge in [-0.1, -0.05) is 6.07 Å². The molecule has 132 valence electrons. The van der Waals surface area contributed by atoms with Crippen LogP contribution in [0.15, 0.2) is 22.5 Å². The molecule has 1 fully saturated rings. The molecule has 0 aliphatic carbocycles. The highest BCUT2D eigenvalue weighted by Crippen LogP contribution is 2.13. The van der Waals surface area contributed by atoms with Crippen LogP contribution in [0, 0.1) is 0 Å². The van der Waals surface area contributed by atoms with Gasteiger partial charge >= 0.3 is 0 Å². The summed E-state index contributed by atoms with van der Waals surface area (Å²) in [5.74, 6) is 0.569. The summed E-state index contributed by atoms with van der Waals surface area (Å²) in [5.41, 5.74) is 5.91. The van der Waals surface area contributed by atoms with Gasteiger partial charge in [-0.2, -0.15) is 0 Å². The lowest BCUT2D eigenvalue weighted by Gasteiger charge is -2.34. The fraction of sp³-hybridized carbons (Fsp3) is 0.688. The normalized spacial score (nSPS) is 17.3. The maximum absolute atomic E-state index is 5.91. The highest BCUT2D eigenvalue weighted by Gasteiger charge is 2.19. The summed E-state index contributed by atoms with van der Waals surface area (Å²) in [7, 11) is 4.35. The standard InChI is InChI=1S/C16H29N5S.HI/c1-20(2)14-6-10-21(11-7-14)12-9-19-16(17)18-8-5-15-4-3-13-22-15;/h3-4,13-14H,5-12H2,1-2H3,(H3,17,18,19);1H. The number of hydrogen-bond donors (Lipinski definition) is 2. The van der Waals surface area contributed by atoms with Gasteiger partial charge in [0.1, 0.15) is 0 Å². The molecular weight excluding hydrogens is 421 g/mol. The molecular formula is C16H30IN5S. The Kier molecular flexibility index (Phi) is 10.1. The summed E-state index contributed by atoms with van der Waals surface area (Å²) in [4.78, 5) is 10.6. The third kappa shape index (κ3) is 7.82. The molecule has 2 rings (SSSR count). The van der Waals surface area contributed by atoms with Crippen LogP contribution in [-0.2, 0) is 6.42 Å². The van der Waals surface area contributed by atoms with Crippen molar-refractivity contribution in [1.82, 2.24) is 15.1 Å². The minimum Gasteiger partial charge on any atom is -0.370 e. The van der Waals surface area contributed by atoms with Gasteiger partial charge in [0.2, 0.25) is 0 Å². The number of piperidine rings is 1. The Labute approximate surface area is 161 Å². The van der Waals surface area contributed by atoms with E-state index in [0.717, 1.165) is 32.1 Å². The van der Waals surface area contributed by atoms with Gasteiger partial charge in [-0.15, -0.1) is 35.3 Å². The van der Waals surface area contributed by atoms with Crippen LogP contribution in [0.5, 0.6) is 0 Å². The minimum atomic E-state index is 0. The molecule has 0 bridgehead atoms. The fourth-order valence-electron chi connectivity index (χ4n) is 2.80. The largest absolute Gasteiger partial charge is 0.370 e. The number of nitrogens with one attached hydrogen (secondary N) is 1. The molecule has 1 aromatic heterocycles. The van der Waals surface area contributed by atoms with Crippen molar-refractivity contribution in [2.45, 2.75) is 25.3 Å². The predicted octanol–water partition coefficient (Wildman–Crippen LogP) is 1.84. The highest BCUT2D eigenvalue weighted by atomic mass is 127. The van der Waals surface area contributed by atoms with Gasteiger partial charge in [0.15, 0.2) is 5.96 Å². The summed E-state index contributed by atoms with van der Waals surface area (Å²) in [6, 6.07) is 4.97. The summed E-state index contributed by atoms with van der Waals surface area (Å²) >= 11 is 1.78. The first-order chi connectivity index (χ1) is 10.6. The Morgan fingerprint density at radius 3 is 2.78 bits per heavy atom. The van der Waals surface area contributed by atoms with Gasteiger partial charge in [0.05, 0.1) is 6.54 Å². The number of aliphatic imine (C=N–C) groups is 1. The number of halogens is 1. The molecule has 0 saturated carbocycles. The Hall–Kier alpha value is -0.380. The van der Waals surface area contributed by atoms with Crippen LogP contribution in [0.2, 0.25) is 0 Å². The van der Waals surface area contributed by atoms with E-state index >= 15 is 0 Å². The van der Waals surface area contributed by atoms with E-state index in [1.807, 2.05) is 0 Å². The van der Waals surface area contributed by atoms with Crippen LogP contribution in [0.1, 0.15) is 17.7 Å². The molecule has 3 N–H and O–H groups in total. The molecule has 1 saturated heterocycles. The molecule has 1 aliphatic heterocycles. The lowest BCUT2D eigenvalue weighted by molar-refractivity contribution is 0.148. The van der Waals surface area contributed by atoms with Gasteiger partial charge < -0.3 is 20.9 Å². The summed E-state index contributed by atoms with van der Waals surface area (Å²) < 4.78 is 0. The number of rotatable bonds is 7. The monoisotopic (exact) mass is 451 g/mol. The Morgan fingerprint density at radius 1 is 1.43 bits per heavy atom. The molecule has 0 radical (unpaired) electrons. The molecule has 0 aromatic carbocycles. The second-order valence-corrected chi connectivity index (χ2v) is 7.09. The van der Waals surface area contributed by atoms with E-state index in [4.69, 9.17) is 5.73 Å². The molecule has 5 nitrogen and oxygen atoms in total. The number of guanidine groups is 1. The third-order valence-electron chi connectivity index (χ3n) is 4.24. The van der Waals surface area contributed by atoms with Crippen molar-refractivity contribution in [3.8, 4) is 0 Å². The predicted molar refractivity (Wildman–Crippen MR) is 111 cm³/mol. The quantitative estimate of drug-likeness (QED) is 0.378. The topological polar surface area (TPSA) is 56.9 Å². The zero-order chi connectivity index (χ0) is 15.8. The molecule has 1 aliphatic rings. The van der Waals surface area contributed by atoms with Crippen molar-refractivity contribution >= 4 is 41.3 Å². The second kappa shape index (κ2) is 11.2. The lowest BCUT2D eigenvalue weighted by Crippen LogP contribution is -2.43. The number of hydrogen-bond acceptors (Lipinski definition) is 4. The van der Waals surface area contributed by atoms with Crippen LogP contribution in [0.3, 0.4) is 0 Å². The summed E-state index contributed by atoms with van der Waals surface area (Å²) in [5, 5.41) is 5.29. The van der Waals surface area contributed by atoms with Crippen molar-refractivity contribution in [2.75, 3.05) is 46.8 Å². The summed E-state index contributed by atoms with van der Waals surface area (Å²) in [6.07, 6.45) is 3.52. The van der Waals surface area contributed by atoms with Gasteiger partial charge in [0.25, 0.3) is 0 Å². The Balaban J connectivity index is 0.00000264. The number of thiophene rings is 1.